The van der Waals surface area contributed by atoms with Gasteiger partial charge in [-0.05, 0) is 30.1 Å². The molecule has 0 aliphatic heterocycles. The van der Waals surface area contributed by atoms with E-state index in [2.05, 4.69) is 34.6 Å². The molecule has 0 saturated heterocycles. The first-order valence-corrected chi connectivity index (χ1v) is 7.08. The van der Waals surface area contributed by atoms with E-state index in [1.807, 2.05) is 0 Å². The van der Waals surface area contributed by atoms with Crippen LogP contribution in [0.4, 0.5) is 4.39 Å². The van der Waals surface area contributed by atoms with E-state index in [9.17, 15) is 4.39 Å². The van der Waals surface area contributed by atoms with Gasteiger partial charge in [-0.25, -0.2) is 4.39 Å². The lowest BCUT2D eigenvalue weighted by atomic mass is 9.73. The van der Waals surface area contributed by atoms with Gasteiger partial charge in [-0.1, -0.05) is 34.6 Å². The maximum absolute atomic E-state index is 13.9. The van der Waals surface area contributed by atoms with Crippen molar-refractivity contribution in [3.05, 3.63) is 0 Å². The van der Waals surface area contributed by atoms with Crippen molar-refractivity contribution in [2.24, 2.45) is 16.6 Å². The first-order valence-electron chi connectivity index (χ1n) is 7.08. The molecule has 0 rings (SSSR count). The molecular weight excluding hydrogens is 245 g/mol. The molecule has 0 saturated carbocycles. The summed E-state index contributed by atoms with van der Waals surface area (Å²) < 4.78 is 13.9. The maximum Gasteiger partial charge on any atom is 0.102 e. The SMILES string of the molecule is CC(C)(C)CC(C)(C)CCC(F)CC(N)(CO)CO. The molecule has 0 amide bonds. The molecule has 4 heteroatoms. The highest BCUT2D eigenvalue weighted by Gasteiger charge is 2.30. The van der Waals surface area contributed by atoms with Gasteiger partial charge in [-0.3, -0.25) is 0 Å². The van der Waals surface area contributed by atoms with Crippen molar-refractivity contribution in [3.8, 4) is 0 Å². The highest BCUT2D eigenvalue weighted by Crippen LogP contribution is 2.37. The van der Waals surface area contributed by atoms with Crippen LogP contribution >= 0.6 is 0 Å². The minimum atomic E-state index is -1.20. The van der Waals surface area contributed by atoms with E-state index >= 15 is 0 Å². The summed E-state index contributed by atoms with van der Waals surface area (Å²) in [4.78, 5) is 0. The van der Waals surface area contributed by atoms with Gasteiger partial charge in [0.2, 0.25) is 0 Å². The molecule has 3 nitrogen and oxygen atoms in total. The summed E-state index contributed by atoms with van der Waals surface area (Å²) in [5.41, 5.74) is 4.80. The molecule has 0 fully saturated rings. The fraction of sp³-hybridized carbons (Fsp3) is 1.00. The van der Waals surface area contributed by atoms with Crippen molar-refractivity contribution < 1.29 is 14.6 Å². The van der Waals surface area contributed by atoms with Crippen LogP contribution in [0.1, 0.15) is 60.3 Å². The Labute approximate surface area is 117 Å². The predicted octanol–water partition coefficient (Wildman–Crippen LogP) is 2.64. The third-order valence-corrected chi connectivity index (χ3v) is 3.40. The number of hydrogen-bond donors (Lipinski definition) is 3. The lowest BCUT2D eigenvalue weighted by Crippen LogP contribution is -2.49. The van der Waals surface area contributed by atoms with Gasteiger partial charge < -0.3 is 15.9 Å². The summed E-state index contributed by atoms with van der Waals surface area (Å²) >= 11 is 0. The lowest BCUT2D eigenvalue weighted by Gasteiger charge is -2.33. The Balaban J connectivity index is 4.25. The van der Waals surface area contributed by atoms with Gasteiger partial charge >= 0.3 is 0 Å². The minimum absolute atomic E-state index is 0.00555. The maximum atomic E-state index is 13.9. The quantitative estimate of drug-likeness (QED) is 0.639. The zero-order chi connectivity index (χ0) is 15.3. The molecule has 19 heavy (non-hydrogen) atoms. The molecule has 0 spiro atoms. The van der Waals surface area contributed by atoms with Crippen LogP contribution in [0.15, 0.2) is 0 Å². The molecule has 1 unspecified atom stereocenters. The van der Waals surface area contributed by atoms with Gasteiger partial charge in [-0.2, -0.15) is 0 Å². The number of halogens is 1. The minimum Gasteiger partial charge on any atom is -0.394 e. The summed E-state index contributed by atoms with van der Waals surface area (Å²) in [5.74, 6) is 0. The van der Waals surface area contributed by atoms with Gasteiger partial charge in [-0.15, -0.1) is 0 Å². The molecule has 0 aromatic heterocycles. The van der Waals surface area contributed by atoms with Gasteiger partial charge in [0.15, 0.2) is 0 Å². The third kappa shape index (κ3) is 8.56. The van der Waals surface area contributed by atoms with Crippen LogP contribution in [0.2, 0.25) is 0 Å². The number of alkyl halides is 1. The van der Waals surface area contributed by atoms with Crippen LogP contribution in [0.5, 0.6) is 0 Å². The molecule has 1 atom stereocenters. The molecule has 0 bridgehead atoms. The van der Waals surface area contributed by atoms with Gasteiger partial charge in [0.05, 0.1) is 18.8 Å². The Hall–Kier alpha value is -0.190. The highest BCUT2D eigenvalue weighted by molar-refractivity contribution is 4.86. The van der Waals surface area contributed by atoms with Crippen molar-refractivity contribution in [2.45, 2.75) is 72.0 Å². The summed E-state index contributed by atoms with van der Waals surface area (Å²) in [5, 5.41) is 18.1. The molecule has 0 radical (unpaired) electrons. The number of aliphatic hydroxyl groups is 2. The summed E-state index contributed by atoms with van der Waals surface area (Å²) in [6.45, 7) is 10.1. The topological polar surface area (TPSA) is 66.5 Å². The van der Waals surface area contributed by atoms with E-state index in [0.29, 0.717) is 6.42 Å². The monoisotopic (exact) mass is 277 g/mol. The molecule has 0 aromatic rings. The van der Waals surface area contributed by atoms with E-state index in [-0.39, 0.29) is 17.3 Å². The van der Waals surface area contributed by atoms with Gasteiger partial charge in [0, 0.05) is 6.42 Å². The smallest absolute Gasteiger partial charge is 0.102 e. The van der Waals surface area contributed by atoms with Crippen LogP contribution in [0.3, 0.4) is 0 Å². The van der Waals surface area contributed by atoms with E-state index < -0.39 is 24.9 Å². The average molecular weight is 277 g/mol. The normalized spacial score (nSPS) is 15.6. The highest BCUT2D eigenvalue weighted by atomic mass is 19.1. The summed E-state index contributed by atoms with van der Waals surface area (Å²) in [7, 11) is 0. The second-order valence-corrected chi connectivity index (χ2v) is 7.92. The Morgan fingerprint density at radius 1 is 1.05 bits per heavy atom. The zero-order valence-electron chi connectivity index (χ0n) is 13.2. The third-order valence-electron chi connectivity index (χ3n) is 3.40. The Kier molecular flexibility index (Phi) is 6.93. The van der Waals surface area contributed by atoms with Crippen LogP contribution in [0.25, 0.3) is 0 Å². The van der Waals surface area contributed by atoms with E-state index in [1.54, 1.807) is 0 Å². The number of hydrogen-bond acceptors (Lipinski definition) is 3. The van der Waals surface area contributed by atoms with E-state index in [0.717, 1.165) is 12.8 Å². The first kappa shape index (κ1) is 18.8. The second kappa shape index (κ2) is 7.00. The van der Waals surface area contributed by atoms with Crippen LogP contribution in [-0.2, 0) is 0 Å². The molecule has 4 N–H and O–H groups in total. The van der Waals surface area contributed by atoms with Crippen molar-refractivity contribution in [2.75, 3.05) is 13.2 Å². The molecule has 0 heterocycles. The first-order chi connectivity index (χ1) is 8.43. The lowest BCUT2D eigenvalue weighted by molar-refractivity contribution is 0.0833. The zero-order valence-corrected chi connectivity index (χ0v) is 13.2. The van der Waals surface area contributed by atoms with Crippen molar-refractivity contribution in [3.63, 3.8) is 0 Å². The number of aliphatic hydroxyl groups excluding tert-OH is 2. The van der Waals surface area contributed by atoms with Crippen molar-refractivity contribution in [1.82, 2.24) is 0 Å². The predicted molar refractivity (Wildman–Crippen MR) is 77.7 cm³/mol. The van der Waals surface area contributed by atoms with E-state index in [4.69, 9.17) is 15.9 Å². The van der Waals surface area contributed by atoms with Crippen molar-refractivity contribution >= 4 is 0 Å². The molecule has 0 aromatic carbocycles. The van der Waals surface area contributed by atoms with E-state index in [1.165, 1.54) is 0 Å². The van der Waals surface area contributed by atoms with Crippen LogP contribution in [-0.4, -0.2) is 35.1 Å². The van der Waals surface area contributed by atoms with Gasteiger partial charge in [0.25, 0.3) is 0 Å². The molecular formula is C15H32FNO2. The Bertz CT molecular complexity index is 257. The number of nitrogens with two attached hydrogens (primary N) is 1. The number of rotatable bonds is 8. The van der Waals surface area contributed by atoms with Crippen LogP contribution < -0.4 is 5.73 Å². The summed E-state index contributed by atoms with van der Waals surface area (Å²) in [6, 6.07) is 0. The largest absolute Gasteiger partial charge is 0.394 e. The summed E-state index contributed by atoms with van der Waals surface area (Å²) in [6.07, 6.45) is 1.15. The molecule has 0 aliphatic carbocycles. The Morgan fingerprint density at radius 2 is 1.53 bits per heavy atom. The fourth-order valence-electron chi connectivity index (χ4n) is 2.79. The standard InChI is InChI=1S/C15H32FNO2/c1-13(2,3)9-14(4,5)7-6-12(16)8-15(17,10-18)11-19/h12,18-19H,6-11,17H2,1-5H3. The molecule has 0 aliphatic rings. The Morgan fingerprint density at radius 3 is 1.89 bits per heavy atom. The molecule has 116 valence electrons. The van der Waals surface area contributed by atoms with Gasteiger partial charge in [0.1, 0.15) is 6.17 Å². The average Bonchev–Trinajstić information content (AvgIpc) is 2.23. The van der Waals surface area contributed by atoms with Crippen LogP contribution in [0, 0.1) is 10.8 Å². The second-order valence-electron chi connectivity index (χ2n) is 7.92. The van der Waals surface area contributed by atoms with Crippen molar-refractivity contribution in [1.29, 1.82) is 0 Å². The fourth-order valence-corrected chi connectivity index (χ4v) is 2.79.